The first-order valence-corrected chi connectivity index (χ1v) is 5.25. The van der Waals surface area contributed by atoms with Crippen LogP contribution < -0.4 is 0 Å². The summed E-state index contributed by atoms with van der Waals surface area (Å²) < 4.78 is 13.6. The zero-order valence-electron chi connectivity index (χ0n) is 9.09. The highest BCUT2D eigenvalue weighted by molar-refractivity contribution is 6.02. The maximum absolute atomic E-state index is 13.6. The van der Waals surface area contributed by atoms with Gasteiger partial charge in [-0.3, -0.25) is 0 Å². The molecule has 0 atom stereocenters. The summed E-state index contributed by atoms with van der Waals surface area (Å²) in [6.45, 7) is 0. The van der Waals surface area contributed by atoms with Crippen molar-refractivity contribution in [3.63, 3.8) is 0 Å². The number of nitrogens with zero attached hydrogens (tertiary/aromatic N) is 2. The van der Waals surface area contributed by atoms with E-state index in [1.54, 1.807) is 18.2 Å². The standard InChI is InChI=1S/C13H7FN2O2/c14-8-4-2-6-10-12(8)16-9-5-1-3-7(13(17)18)11(9)15-10/h1-6H,(H,17,18). The lowest BCUT2D eigenvalue weighted by atomic mass is 10.1. The first-order valence-electron chi connectivity index (χ1n) is 5.25. The summed E-state index contributed by atoms with van der Waals surface area (Å²) in [4.78, 5) is 19.4. The molecule has 1 N–H and O–H groups in total. The molecule has 5 heteroatoms. The van der Waals surface area contributed by atoms with Crippen molar-refractivity contribution >= 4 is 28.0 Å². The Morgan fingerprint density at radius 3 is 2.33 bits per heavy atom. The molecule has 3 aromatic rings. The van der Waals surface area contributed by atoms with Crippen molar-refractivity contribution in [1.82, 2.24) is 9.97 Å². The van der Waals surface area contributed by atoms with Crippen molar-refractivity contribution < 1.29 is 14.3 Å². The summed E-state index contributed by atoms with van der Waals surface area (Å²) >= 11 is 0. The second kappa shape index (κ2) is 3.73. The van der Waals surface area contributed by atoms with Gasteiger partial charge in [-0.05, 0) is 24.3 Å². The highest BCUT2D eigenvalue weighted by Crippen LogP contribution is 2.20. The fourth-order valence-electron chi connectivity index (χ4n) is 1.86. The van der Waals surface area contributed by atoms with Gasteiger partial charge in [-0.25, -0.2) is 19.2 Å². The molecular formula is C13H7FN2O2. The normalized spacial score (nSPS) is 10.9. The quantitative estimate of drug-likeness (QED) is 0.666. The number of hydrogen-bond acceptors (Lipinski definition) is 3. The molecule has 0 unspecified atom stereocenters. The van der Waals surface area contributed by atoms with Crippen molar-refractivity contribution in [1.29, 1.82) is 0 Å². The number of para-hydroxylation sites is 2. The summed E-state index contributed by atoms with van der Waals surface area (Å²) in [5, 5.41) is 9.07. The SMILES string of the molecule is O=C(O)c1cccc2nc3c(F)cccc3nc12. The molecular weight excluding hydrogens is 235 g/mol. The van der Waals surface area contributed by atoms with E-state index in [0.717, 1.165) is 0 Å². The van der Waals surface area contributed by atoms with Gasteiger partial charge in [0.15, 0.2) is 5.82 Å². The Balaban J connectivity index is 2.49. The fraction of sp³-hybridized carbons (Fsp3) is 0. The maximum atomic E-state index is 13.6. The predicted molar refractivity (Wildman–Crippen MR) is 64.0 cm³/mol. The summed E-state index contributed by atoms with van der Waals surface area (Å²) in [6.07, 6.45) is 0. The zero-order chi connectivity index (χ0) is 12.7. The van der Waals surface area contributed by atoms with E-state index < -0.39 is 11.8 Å². The van der Waals surface area contributed by atoms with Crippen LogP contribution in [0.3, 0.4) is 0 Å². The molecule has 0 aliphatic rings. The van der Waals surface area contributed by atoms with Crippen LogP contribution in [0.4, 0.5) is 4.39 Å². The van der Waals surface area contributed by atoms with Crippen LogP contribution in [-0.2, 0) is 0 Å². The first-order chi connectivity index (χ1) is 8.66. The molecule has 0 amide bonds. The predicted octanol–water partition coefficient (Wildman–Crippen LogP) is 2.62. The lowest BCUT2D eigenvalue weighted by Crippen LogP contribution is -2.00. The molecule has 0 bridgehead atoms. The average Bonchev–Trinajstić information content (AvgIpc) is 2.36. The van der Waals surface area contributed by atoms with Crippen LogP contribution >= 0.6 is 0 Å². The van der Waals surface area contributed by atoms with Gasteiger partial charge in [0.25, 0.3) is 0 Å². The summed E-state index contributed by atoms with van der Waals surface area (Å²) in [5.41, 5.74) is 1.19. The van der Waals surface area contributed by atoms with Gasteiger partial charge < -0.3 is 5.11 Å². The second-order valence-electron chi connectivity index (χ2n) is 3.81. The van der Waals surface area contributed by atoms with E-state index in [1.807, 2.05) is 0 Å². The molecule has 0 saturated carbocycles. The molecule has 3 rings (SSSR count). The Kier molecular flexibility index (Phi) is 2.19. The molecule has 0 aliphatic heterocycles. The van der Waals surface area contributed by atoms with E-state index in [1.165, 1.54) is 18.2 Å². The topological polar surface area (TPSA) is 63.1 Å². The number of carboxylic acids is 1. The van der Waals surface area contributed by atoms with Crippen LogP contribution in [0.5, 0.6) is 0 Å². The largest absolute Gasteiger partial charge is 0.478 e. The Morgan fingerprint density at radius 1 is 1.00 bits per heavy atom. The van der Waals surface area contributed by atoms with Crippen LogP contribution in [0.25, 0.3) is 22.1 Å². The van der Waals surface area contributed by atoms with Gasteiger partial charge in [0.2, 0.25) is 0 Å². The molecule has 88 valence electrons. The Hall–Kier alpha value is -2.56. The van der Waals surface area contributed by atoms with E-state index in [-0.39, 0.29) is 16.6 Å². The fourth-order valence-corrected chi connectivity index (χ4v) is 1.86. The Bertz CT molecular complexity index is 786. The number of benzene rings is 2. The third-order valence-electron chi connectivity index (χ3n) is 2.68. The summed E-state index contributed by atoms with van der Waals surface area (Å²) in [6, 6.07) is 9.03. The number of rotatable bonds is 1. The third-order valence-corrected chi connectivity index (χ3v) is 2.68. The van der Waals surface area contributed by atoms with Gasteiger partial charge in [0.1, 0.15) is 11.0 Å². The average molecular weight is 242 g/mol. The van der Waals surface area contributed by atoms with Gasteiger partial charge >= 0.3 is 5.97 Å². The van der Waals surface area contributed by atoms with E-state index in [0.29, 0.717) is 11.0 Å². The lowest BCUT2D eigenvalue weighted by molar-refractivity contribution is 0.0699. The number of aromatic nitrogens is 2. The van der Waals surface area contributed by atoms with Crippen molar-refractivity contribution in [3.8, 4) is 0 Å². The van der Waals surface area contributed by atoms with Gasteiger partial charge in [-0.2, -0.15) is 0 Å². The van der Waals surface area contributed by atoms with E-state index >= 15 is 0 Å². The highest BCUT2D eigenvalue weighted by atomic mass is 19.1. The minimum Gasteiger partial charge on any atom is -0.478 e. The molecule has 0 aliphatic carbocycles. The maximum Gasteiger partial charge on any atom is 0.337 e. The van der Waals surface area contributed by atoms with Crippen LogP contribution in [0, 0.1) is 5.82 Å². The number of aromatic carboxylic acids is 1. The lowest BCUT2D eigenvalue weighted by Gasteiger charge is -2.03. The third kappa shape index (κ3) is 1.48. The smallest absolute Gasteiger partial charge is 0.337 e. The number of fused-ring (bicyclic) bond motifs is 2. The van der Waals surface area contributed by atoms with Gasteiger partial charge in [-0.1, -0.05) is 12.1 Å². The van der Waals surface area contributed by atoms with E-state index in [4.69, 9.17) is 5.11 Å². The van der Waals surface area contributed by atoms with Crippen molar-refractivity contribution in [3.05, 3.63) is 47.8 Å². The molecule has 4 nitrogen and oxygen atoms in total. The van der Waals surface area contributed by atoms with Crippen molar-refractivity contribution in [2.75, 3.05) is 0 Å². The number of halogens is 1. The first kappa shape index (κ1) is 10.6. The van der Waals surface area contributed by atoms with Crippen LogP contribution in [0.15, 0.2) is 36.4 Å². The highest BCUT2D eigenvalue weighted by Gasteiger charge is 2.12. The van der Waals surface area contributed by atoms with Gasteiger partial charge in [0.05, 0.1) is 16.6 Å². The molecule has 0 fully saturated rings. The number of hydrogen-bond donors (Lipinski definition) is 1. The zero-order valence-corrected chi connectivity index (χ0v) is 9.09. The Labute approximate surface area is 101 Å². The Morgan fingerprint density at radius 2 is 1.61 bits per heavy atom. The van der Waals surface area contributed by atoms with Crippen molar-refractivity contribution in [2.24, 2.45) is 0 Å². The minimum atomic E-state index is -1.08. The van der Waals surface area contributed by atoms with Gasteiger partial charge in [-0.15, -0.1) is 0 Å². The summed E-state index contributed by atoms with van der Waals surface area (Å²) in [7, 11) is 0. The monoisotopic (exact) mass is 242 g/mol. The second-order valence-corrected chi connectivity index (χ2v) is 3.81. The summed E-state index contributed by atoms with van der Waals surface area (Å²) in [5.74, 6) is -1.55. The van der Waals surface area contributed by atoms with E-state index in [2.05, 4.69) is 9.97 Å². The molecule has 0 radical (unpaired) electrons. The molecule has 1 heterocycles. The molecule has 18 heavy (non-hydrogen) atoms. The van der Waals surface area contributed by atoms with Crippen molar-refractivity contribution in [2.45, 2.75) is 0 Å². The molecule has 2 aromatic carbocycles. The van der Waals surface area contributed by atoms with Crippen LogP contribution in [0.2, 0.25) is 0 Å². The number of carboxylic acid groups (broad SMARTS) is 1. The van der Waals surface area contributed by atoms with Gasteiger partial charge in [0, 0.05) is 0 Å². The molecule has 1 aromatic heterocycles. The minimum absolute atomic E-state index is 0.0613. The molecule has 0 spiro atoms. The molecule has 0 saturated heterocycles. The van der Waals surface area contributed by atoms with Crippen LogP contribution in [0.1, 0.15) is 10.4 Å². The van der Waals surface area contributed by atoms with E-state index in [9.17, 15) is 9.18 Å². The number of carbonyl (C=O) groups is 1. The van der Waals surface area contributed by atoms with Crippen LogP contribution in [-0.4, -0.2) is 21.0 Å².